The zero-order valence-electron chi connectivity index (χ0n) is 39.4. The summed E-state index contributed by atoms with van der Waals surface area (Å²) in [5, 5.41) is 21.5. The highest BCUT2D eigenvalue weighted by atomic mass is 28.3. The van der Waals surface area contributed by atoms with E-state index in [0.717, 1.165) is 66.0 Å². The maximum atomic E-state index is 13.0. The molecule has 9 rings (SSSR count). The minimum Gasteiger partial charge on any atom is -0.504 e. The van der Waals surface area contributed by atoms with Crippen molar-refractivity contribution in [2.45, 2.75) is 58.3 Å². The van der Waals surface area contributed by atoms with Crippen LogP contribution in [0.25, 0.3) is 76.0 Å². The predicted molar refractivity (Wildman–Crippen MR) is 279 cm³/mol. The Morgan fingerprint density at radius 2 is 1.03 bits per heavy atom. The highest BCUT2D eigenvalue weighted by molar-refractivity contribution is 6.76. The first-order valence-corrected chi connectivity index (χ1v) is 30.3. The predicted octanol–water partition coefficient (Wildman–Crippen LogP) is 14.2. The Morgan fingerprint density at radius 1 is 0.552 bits per heavy atom. The average molecular weight is 931 g/mol. The number of rotatable bonds is 15. The third-order valence-corrected chi connectivity index (χ3v) is 15.2. The van der Waals surface area contributed by atoms with Crippen LogP contribution in [-0.2, 0) is 14.2 Å². The van der Waals surface area contributed by atoms with Crippen molar-refractivity contribution in [1.29, 1.82) is 0 Å². The van der Waals surface area contributed by atoms with Gasteiger partial charge in [0.2, 0.25) is 0 Å². The molecule has 0 amide bonds. The zero-order chi connectivity index (χ0) is 47.3. The number of esters is 1. The van der Waals surface area contributed by atoms with Crippen molar-refractivity contribution in [3.63, 3.8) is 0 Å². The maximum Gasteiger partial charge on any atom is 0.344 e. The van der Waals surface area contributed by atoms with Crippen LogP contribution in [0, 0.1) is 0 Å². The summed E-state index contributed by atoms with van der Waals surface area (Å²) in [5.41, 5.74) is 1.67. The average Bonchev–Trinajstić information content (AvgIpc) is 3.30. The fourth-order valence-electron chi connectivity index (χ4n) is 8.30. The molecule has 1 N–H and O–H groups in total. The van der Waals surface area contributed by atoms with Crippen LogP contribution in [0.1, 0.15) is 17.3 Å². The van der Waals surface area contributed by atoms with Crippen LogP contribution in [0.2, 0.25) is 51.4 Å². The molecule has 1 aromatic heterocycles. The van der Waals surface area contributed by atoms with Gasteiger partial charge in [0.25, 0.3) is 0 Å². The molecule has 0 spiro atoms. The second-order valence-electron chi connectivity index (χ2n) is 19.1. The number of carbonyl (C=O) groups is 1. The first-order chi connectivity index (χ1) is 32.2. The Balaban J connectivity index is 0.000000182. The van der Waals surface area contributed by atoms with Crippen molar-refractivity contribution in [2.24, 2.45) is 0 Å². The molecule has 0 fully saturated rings. The Kier molecular flexibility index (Phi) is 14.1. The summed E-state index contributed by atoms with van der Waals surface area (Å²) in [6.07, 6.45) is 0. The molecule has 11 heteroatoms. The van der Waals surface area contributed by atoms with Gasteiger partial charge in [0.15, 0.2) is 36.4 Å². The summed E-state index contributed by atoms with van der Waals surface area (Å²) in [6, 6.07) is 45.1. The maximum absolute atomic E-state index is 13.0. The topological polar surface area (TPSA) is 114 Å². The van der Waals surface area contributed by atoms with E-state index >= 15 is 0 Å². The lowest BCUT2D eigenvalue weighted by Gasteiger charge is -2.19. The number of aromatic hydroxyl groups is 1. The summed E-state index contributed by atoms with van der Waals surface area (Å²) in [6.45, 7) is 17.3. The third kappa shape index (κ3) is 10.6. The Morgan fingerprint density at radius 3 is 1.63 bits per heavy atom. The SMILES string of the molecule is CCOC(=O)c1ccc2ccccc2c1-c1c(O)c(OCOCC[Si](C)(C)C)cc2ccccc12.C[Si](C)(C)CCOCOc1cc2ccccc2c2c1oc(=O)c1ccc3ccccc3c12. The molecule has 0 atom stereocenters. The lowest BCUT2D eigenvalue weighted by Crippen LogP contribution is -2.22. The number of benzene rings is 8. The zero-order valence-corrected chi connectivity index (χ0v) is 41.4. The first-order valence-electron chi connectivity index (χ1n) is 22.9. The highest BCUT2D eigenvalue weighted by Crippen LogP contribution is 2.47. The molecule has 9 nitrogen and oxygen atoms in total. The van der Waals surface area contributed by atoms with Gasteiger partial charge in [-0.15, -0.1) is 0 Å². The van der Waals surface area contributed by atoms with Crippen molar-refractivity contribution in [2.75, 3.05) is 33.4 Å². The van der Waals surface area contributed by atoms with E-state index in [1.807, 2.05) is 103 Å². The fourth-order valence-corrected chi connectivity index (χ4v) is 9.81. The molecule has 0 aliphatic carbocycles. The molecule has 0 saturated carbocycles. The quantitative estimate of drug-likeness (QED) is 0.0268. The summed E-state index contributed by atoms with van der Waals surface area (Å²) in [4.78, 5) is 26.0. The summed E-state index contributed by atoms with van der Waals surface area (Å²) in [5.74, 6) is 0.380. The van der Waals surface area contributed by atoms with E-state index in [4.69, 9.17) is 28.1 Å². The van der Waals surface area contributed by atoms with E-state index in [2.05, 4.69) is 63.5 Å². The van der Waals surface area contributed by atoms with E-state index in [0.29, 0.717) is 52.4 Å². The van der Waals surface area contributed by atoms with Crippen LogP contribution in [0.5, 0.6) is 17.2 Å². The van der Waals surface area contributed by atoms with Crippen LogP contribution in [-0.4, -0.2) is 60.6 Å². The van der Waals surface area contributed by atoms with E-state index in [-0.39, 0.29) is 31.6 Å². The summed E-state index contributed by atoms with van der Waals surface area (Å²) in [7, 11) is -2.38. The summed E-state index contributed by atoms with van der Waals surface area (Å²) < 4.78 is 34.6. The molecule has 0 radical (unpaired) electrons. The number of carbonyl (C=O) groups excluding carboxylic acids is 1. The molecule has 0 bridgehead atoms. The van der Waals surface area contributed by atoms with E-state index < -0.39 is 22.1 Å². The second-order valence-corrected chi connectivity index (χ2v) is 30.4. The number of hydrogen-bond donors (Lipinski definition) is 1. The molecule has 67 heavy (non-hydrogen) atoms. The van der Waals surface area contributed by atoms with Gasteiger partial charge >= 0.3 is 11.6 Å². The van der Waals surface area contributed by atoms with Crippen LogP contribution < -0.4 is 15.1 Å². The number of fused-ring (bicyclic) bond motifs is 9. The van der Waals surface area contributed by atoms with Gasteiger partial charge < -0.3 is 33.2 Å². The van der Waals surface area contributed by atoms with Gasteiger partial charge in [0, 0.05) is 51.3 Å². The van der Waals surface area contributed by atoms with Crippen LogP contribution >= 0.6 is 0 Å². The van der Waals surface area contributed by atoms with Crippen molar-refractivity contribution in [1.82, 2.24) is 0 Å². The van der Waals surface area contributed by atoms with Crippen LogP contribution in [0.4, 0.5) is 0 Å². The molecule has 0 saturated heterocycles. The normalized spacial score (nSPS) is 11.9. The van der Waals surface area contributed by atoms with Crippen molar-refractivity contribution >= 4 is 86.9 Å². The molecule has 0 aliphatic heterocycles. The number of phenolic OH excluding ortho intramolecular Hbond substituents is 1. The van der Waals surface area contributed by atoms with Gasteiger partial charge in [-0.05, 0) is 86.4 Å². The van der Waals surface area contributed by atoms with Gasteiger partial charge in [-0.3, -0.25) is 0 Å². The van der Waals surface area contributed by atoms with Crippen molar-refractivity contribution < 1.29 is 38.0 Å². The highest BCUT2D eigenvalue weighted by Gasteiger charge is 2.24. The van der Waals surface area contributed by atoms with Crippen molar-refractivity contribution in [3.05, 3.63) is 149 Å². The van der Waals surface area contributed by atoms with Gasteiger partial charge in [0.05, 0.1) is 17.6 Å². The van der Waals surface area contributed by atoms with Gasteiger partial charge in [0.1, 0.15) is 0 Å². The molecule has 344 valence electrons. The summed E-state index contributed by atoms with van der Waals surface area (Å²) >= 11 is 0. The fraction of sp³-hybridized carbons (Fsp3) is 0.250. The van der Waals surface area contributed by atoms with Gasteiger partial charge in [-0.1, -0.05) is 148 Å². The van der Waals surface area contributed by atoms with E-state index in [1.165, 1.54) is 0 Å². The number of phenols is 1. The minimum atomic E-state index is -1.21. The minimum absolute atomic E-state index is 0.0283. The molecule has 0 aliphatic rings. The molecular formula is C56H58O9Si2. The molecule has 0 unspecified atom stereocenters. The van der Waals surface area contributed by atoms with Gasteiger partial charge in [-0.25, -0.2) is 9.59 Å². The Hall–Kier alpha value is -6.51. The standard InChI is InChI=1S/C29H32O5Si.C27H26O4Si/c1-5-33-29(31)24-15-14-20-10-6-8-12-22(20)26(24)27-23-13-9-7-11-21(23)18-25(28(27)30)34-19-32-16-17-35(2,3)4;1-32(2,3)15-14-29-17-30-23-16-19-9-5-7-11-21(19)25-24-20-10-6-4-8-18(20)12-13-22(24)27(28)31-26(23)25/h6-15,18,30H,5,16-17,19H2,1-4H3;4-13,16H,14-15,17H2,1-3H3. The monoisotopic (exact) mass is 930 g/mol. The Bertz CT molecular complexity index is 3310. The largest absolute Gasteiger partial charge is 0.504 e. The smallest absolute Gasteiger partial charge is 0.344 e. The number of hydrogen-bond acceptors (Lipinski definition) is 9. The molecular weight excluding hydrogens is 873 g/mol. The second kappa shape index (κ2) is 20.2. The molecule has 8 aromatic carbocycles. The molecule has 9 aromatic rings. The molecule has 1 heterocycles. The lowest BCUT2D eigenvalue weighted by atomic mass is 9.89. The van der Waals surface area contributed by atoms with Crippen LogP contribution in [0.15, 0.2) is 143 Å². The number of ether oxygens (including phenoxy) is 5. The van der Waals surface area contributed by atoms with E-state index in [1.54, 1.807) is 13.0 Å². The van der Waals surface area contributed by atoms with Crippen molar-refractivity contribution in [3.8, 4) is 28.4 Å². The lowest BCUT2D eigenvalue weighted by molar-refractivity contribution is 0.0207. The first kappa shape index (κ1) is 47.0. The third-order valence-electron chi connectivity index (χ3n) is 11.8. The Labute approximate surface area is 392 Å². The van der Waals surface area contributed by atoms with Crippen LogP contribution in [0.3, 0.4) is 0 Å². The van der Waals surface area contributed by atoms with Gasteiger partial charge in [-0.2, -0.15) is 0 Å². The van der Waals surface area contributed by atoms with E-state index in [9.17, 15) is 14.7 Å².